The van der Waals surface area contributed by atoms with Crippen molar-refractivity contribution in [2.75, 3.05) is 37.7 Å². The lowest BCUT2D eigenvalue weighted by Crippen LogP contribution is -2.61. The molecule has 0 aromatic heterocycles. The highest BCUT2D eigenvalue weighted by atomic mass is 32.2. The molecule has 2 aliphatic heterocycles. The second-order valence-corrected chi connectivity index (χ2v) is 6.85. The first kappa shape index (κ1) is 13.2. The molecule has 1 N–H and O–H groups in total. The molecule has 96 valence electrons. The van der Waals surface area contributed by atoms with Crippen LogP contribution in [0.25, 0.3) is 0 Å². The number of hydrogen-bond donors (Lipinski definition) is 1. The van der Waals surface area contributed by atoms with E-state index in [1.165, 1.54) is 5.75 Å². The summed E-state index contributed by atoms with van der Waals surface area (Å²) in [6.45, 7) is 8.72. The number of nitriles is 1. The van der Waals surface area contributed by atoms with E-state index in [1.807, 2.05) is 11.8 Å². The van der Waals surface area contributed by atoms with E-state index in [0.29, 0.717) is 0 Å². The Balaban J connectivity index is 2.25. The lowest BCUT2D eigenvalue weighted by atomic mass is 9.70. The molecule has 1 unspecified atom stereocenters. The van der Waals surface area contributed by atoms with Gasteiger partial charge in [0.1, 0.15) is 5.54 Å². The van der Waals surface area contributed by atoms with Gasteiger partial charge in [-0.05, 0) is 30.6 Å². The quantitative estimate of drug-likeness (QED) is 0.772. The van der Waals surface area contributed by atoms with Gasteiger partial charge in [-0.2, -0.15) is 17.0 Å². The highest BCUT2D eigenvalue weighted by molar-refractivity contribution is 7.99. The molecule has 0 saturated carbocycles. The molecule has 0 aromatic rings. The van der Waals surface area contributed by atoms with E-state index in [0.717, 1.165) is 44.8 Å². The minimum Gasteiger partial charge on any atom is -0.315 e. The molecule has 0 spiro atoms. The number of nitrogens with one attached hydrogen (secondary N) is 1. The van der Waals surface area contributed by atoms with Gasteiger partial charge in [0.25, 0.3) is 0 Å². The van der Waals surface area contributed by atoms with Crippen LogP contribution >= 0.6 is 11.8 Å². The number of nitrogens with zero attached hydrogens (tertiary/aromatic N) is 2. The van der Waals surface area contributed by atoms with Gasteiger partial charge in [-0.3, -0.25) is 4.90 Å². The Morgan fingerprint density at radius 2 is 2.12 bits per heavy atom. The van der Waals surface area contributed by atoms with Gasteiger partial charge in [0.2, 0.25) is 0 Å². The summed E-state index contributed by atoms with van der Waals surface area (Å²) in [7, 11) is 0. The normalized spacial score (nSPS) is 34.9. The molecule has 2 fully saturated rings. The zero-order valence-corrected chi connectivity index (χ0v) is 11.8. The standard InChI is InChI=1S/C13H23N3S/c1-12(2)4-9-17-11-13(12,10-14)16-7-3-5-15-6-8-16/h15H,3-9,11H2,1-2H3. The SMILES string of the molecule is CC1(C)CCSCC1(C#N)N1CCCNCC1. The highest BCUT2D eigenvalue weighted by Crippen LogP contribution is 2.45. The van der Waals surface area contributed by atoms with Crippen LogP contribution in [-0.4, -0.2) is 48.1 Å². The number of rotatable bonds is 1. The Labute approximate surface area is 109 Å². The van der Waals surface area contributed by atoms with Gasteiger partial charge in [-0.25, -0.2) is 0 Å². The summed E-state index contributed by atoms with van der Waals surface area (Å²) in [4.78, 5) is 2.44. The summed E-state index contributed by atoms with van der Waals surface area (Å²) in [5, 5.41) is 13.2. The van der Waals surface area contributed by atoms with E-state index in [2.05, 4.69) is 30.1 Å². The highest BCUT2D eigenvalue weighted by Gasteiger charge is 2.51. The van der Waals surface area contributed by atoms with Crippen LogP contribution in [0.1, 0.15) is 26.7 Å². The second-order valence-electron chi connectivity index (χ2n) is 5.75. The molecule has 0 radical (unpaired) electrons. The molecule has 1 atom stereocenters. The van der Waals surface area contributed by atoms with Crippen molar-refractivity contribution in [3.05, 3.63) is 0 Å². The van der Waals surface area contributed by atoms with Crippen molar-refractivity contribution in [2.45, 2.75) is 32.2 Å². The summed E-state index contributed by atoms with van der Waals surface area (Å²) in [5.41, 5.74) is -0.153. The molecule has 2 aliphatic rings. The molecule has 0 amide bonds. The van der Waals surface area contributed by atoms with Gasteiger partial charge in [0.05, 0.1) is 6.07 Å². The molecule has 2 rings (SSSR count). The Bertz CT molecular complexity index is 302. The predicted octanol–water partition coefficient (Wildman–Crippen LogP) is 1.71. The van der Waals surface area contributed by atoms with E-state index in [1.54, 1.807) is 0 Å². The van der Waals surface area contributed by atoms with E-state index in [-0.39, 0.29) is 11.0 Å². The molecular formula is C13H23N3S. The van der Waals surface area contributed by atoms with Gasteiger partial charge in [-0.1, -0.05) is 13.8 Å². The number of thioether (sulfide) groups is 1. The molecule has 0 aromatic carbocycles. The van der Waals surface area contributed by atoms with Crippen molar-refractivity contribution >= 4 is 11.8 Å². The molecule has 3 nitrogen and oxygen atoms in total. The van der Waals surface area contributed by atoms with Crippen molar-refractivity contribution in [3.8, 4) is 6.07 Å². The van der Waals surface area contributed by atoms with E-state index in [4.69, 9.17) is 0 Å². The topological polar surface area (TPSA) is 39.1 Å². The van der Waals surface area contributed by atoms with Crippen LogP contribution in [0.5, 0.6) is 0 Å². The van der Waals surface area contributed by atoms with Crippen LogP contribution in [0.3, 0.4) is 0 Å². The summed E-state index contributed by atoms with van der Waals surface area (Å²) >= 11 is 1.94. The fourth-order valence-corrected chi connectivity index (χ4v) is 4.68. The third kappa shape index (κ3) is 2.33. The van der Waals surface area contributed by atoms with Crippen LogP contribution in [-0.2, 0) is 0 Å². The average molecular weight is 253 g/mol. The van der Waals surface area contributed by atoms with Crippen LogP contribution in [0, 0.1) is 16.7 Å². The largest absolute Gasteiger partial charge is 0.315 e. The zero-order chi connectivity index (χ0) is 12.4. The summed E-state index contributed by atoms with van der Waals surface area (Å²) in [5.74, 6) is 2.17. The van der Waals surface area contributed by atoms with Crippen molar-refractivity contribution in [1.29, 1.82) is 5.26 Å². The minimum atomic E-state index is -0.262. The molecule has 17 heavy (non-hydrogen) atoms. The lowest BCUT2D eigenvalue weighted by Gasteiger charge is -2.51. The Hall–Kier alpha value is -0.240. The summed E-state index contributed by atoms with van der Waals surface area (Å²) in [6.07, 6.45) is 2.30. The maximum absolute atomic E-state index is 9.80. The first-order valence-electron chi connectivity index (χ1n) is 6.57. The van der Waals surface area contributed by atoms with Crippen molar-refractivity contribution in [3.63, 3.8) is 0 Å². The van der Waals surface area contributed by atoms with Crippen molar-refractivity contribution in [1.82, 2.24) is 10.2 Å². The fourth-order valence-electron chi connectivity index (χ4n) is 2.95. The Morgan fingerprint density at radius 1 is 1.29 bits per heavy atom. The van der Waals surface area contributed by atoms with Gasteiger partial charge >= 0.3 is 0 Å². The van der Waals surface area contributed by atoms with Crippen LogP contribution < -0.4 is 5.32 Å². The fraction of sp³-hybridized carbons (Fsp3) is 0.923. The van der Waals surface area contributed by atoms with E-state index < -0.39 is 0 Å². The molecule has 0 aliphatic carbocycles. The first-order chi connectivity index (χ1) is 8.12. The first-order valence-corrected chi connectivity index (χ1v) is 7.73. The smallest absolute Gasteiger partial charge is 0.123 e. The van der Waals surface area contributed by atoms with Crippen LogP contribution in [0.15, 0.2) is 0 Å². The molecule has 2 heterocycles. The van der Waals surface area contributed by atoms with Gasteiger partial charge in [-0.15, -0.1) is 0 Å². The third-order valence-electron chi connectivity index (χ3n) is 4.37. The third-order valence-corrected chi connectivity index (χ3v) is 5.48. The van der Waals surface area contributed by atoms with Gasteiger partial charge < -0.3 is 5.32 Å². The minimum absolute atomic E-state index is 0.108. The van der Waals surface area contributed by atoms with E-state index >= 15 is 0 Å². The van der Waals surface area contributed by atoms with Crippen molar-refractivity contribution < 1.29 is 0 Å². The average Bonchev–Trinajstić information content (AvgIpc) is 2.58. The van der Waals surface area contributed by atoms with Crippen LogP contribution in [0.4, 0.5) is 0 Å². The maximum atomic E-state index is 9.80. The Morgan fingerprint density at radius 3 is 2.82 bits per heavy atom. The van der Waals surface area contributed by atoms with Crippen molar-refractivity contribution in [2.24, 2.45) is 5.41 Å². The second kappa shape index (κ2) is 5.17. The van der Waals surface area contributed by atoms with Crippen LogP contribution in [0.2, 0.25) is 0 Å². The lowest BCUT2D eigenvalue weighted by molar-refractivity contribution is 0.0446. The van der Waals surface area contributed by atoms with Gasteiger partial charge in [0.15, 0.2) is 0 Å². The monoisotopic (exact) mass is 253 g/mol. The molecule has 4 heteroatoms. The summed E-state index contributed by atoms with van der Waals surface area (Å²) in [6, 6.07) is 2.68. The van der Waals surface area contributed by atoms with Gasteiger partial charge in [0, 0.05) is 25.4 Å². The maximum Gasteiger partial charge on any atom is 0.123 e. The molecule has 0 bridgehead atoms. The molecule has 2 saturated heterocycles. The Kier molecular flexibility index (Phi) is 4.02. The zero-order valence-electron chi connectivity index (χ0n) is 11.0. The predicted molar refractivity (Wildman–Crippen MR) is 73.1 cm³/mol. The number of hydrogen-bond acceptors (Lipinski definition) is 4. The molecular weight excluding hydrogens is 230 g/mol. The summed E-state index contributed by atoms with van der Waals surface area (Å²) < 4.78 is 0. The van der Waals surface area contributed by atoms with E-state index in [9.17, 15) is 5.26 Å².